The number of benzene rings is 2. The quantitative estimate of drug-likeness (QED) is 0.106. The van der Waals surface area contributed by atoms with Crippen molar-refractivity contribution in [3.8, 4) is 5.75 Å². The second kappa shape index (κ2) is 13.2. The first-order valence-electron chi connectivity index (χ1n) is 11.8. The van der Waals surface area contributed by atoms with Gasteiger partial charge >= 0.3 is 5.97 Å². The molecule has 35 heavy (non-hydrogen) atoms. The van der Waals surface area contributed by atoms with Crippen molar-refractivity contribution >= 4 is 41.1 Å². The topological polar surface area (TPSA) is 42.0 Å². The highest BCUT2D eigenvalue weighted by Crippen LogP contribution is 2.46. The molecule has 0 spiro atoms. The Bertz CT molecular complexity index is 1030. The highest BCUT2D eigenvalue weighted by Gasteiger charge is 2.29. The monoisotopic (exact) mass is 522 g/mol. The third kappa shape index (κ3) is 7.15. The van der Waals surface area contributed by atoms with Crippen molar-refractivity contribution in [3.63, 3.8) is 0 Å². The number of nitrogens with zero attached hydrogens (tertiary/aromatic N) is 2. The van der Waals surface area contributed by atoms with Crippen molar-refractivity contribution in [1.29, 1.82) is 0 Å². The SMILES string of the molecule is CCCCC1CN(c2ccc(F)cc2)c2cc(SCC)c(O/C=C(\F)C(=O)OCC)cc2SN1C. The Hall–Kier alpha value is -2.23. The summed E-state index contributed by atoms with van der Waals surface area (Å²) in [4.78, 5) is 15.6. The van der Waals surface area contributed by atoms with Crippen LogP contribution in [-0.2, 0) is 9.53 Å². The van der Waals surface area contributed by atoms with Gasteiger partial charge in [-0.1, -0.05) is 26.7 Å². The maximum Gasteiger partial charge on any atom is 0.370 e. The van der Waals surface area contributed by atoms with Crippen LogP contribution in [0.3, 0.4) is 0 Å². The number of halogens is 2. The van der Waals surface area contributed by atoms with Crippen LogP contribution in [0.2, 0.25) is 0 Å². The van der Waals surface area contributed by atoms with Crippen molar-refractivity contribution in [1.82, 2.24) is 4.31 Å². The largest absolute Gasteiger partial charge is 0.461 e. The van der Waals surface area contributed by atoms with E-state index in [2.05, 4.69) is 23.2 Å². The van der Waals surface area contributed by atoms with E-state index in [4.69, 9.17) is 9.47 Å². The fourth-order valence-electron chi connectivity index (χ4n) is 3.77. The van der Waals surface area contributed by atoms with Crippen LogP contribution < -0.4 is 9.64 Å². The van der Waals surface area contributed by atoms with Crippen molar-refractivity contribution in [2.24, 2.45) is 0 Å². The zero-order valence-electron chi connectivity index (χ0n) is 20.6. The first kappa shape index (κ1) is 27.4. The third-order valence-corrected chi connectivity index (χ3v) is 7.58. The summed E-state index contributed by atoms with van der Waals surface area (Å²) in [6.45, 7) is 6.64. The van der Waals surface area contributed by atoms with Gasteiger partial charge in [0.25, 0.3) is 0 Å². The Balaban J connectivity index is 2.05. The minimum atomic E-state index is -1.09. The zero-order valence-corrected chi connectivity index (χ0v) is 22.2. The smallest absolute Gasteiger partial charge is 0.370 e. The standard InChI is InChI=1S/C26H32F2N2O3S2/c1-5-8-9-20-16-30(19-12-10-18(27)11-13-19)22-14-25(34-7-3)23(15-24(22)35-29(20)4)33-17-21(28)26(31)32-6-2/h10-15,17,20H,5-9,16H2,1-4H3/b21-17-. The summed E-state index contributed by atoms with van der Waals surface area (Å²) >= 11 is 3.17. The Morgan fingerprint density at radius 2 is 1.97 bits per heavy atom. The molecule has 1 aliphatic rings. The molecule has 0 fully saturated rings. The lowest BCUT2D eigenvalue weighted by molar-refractivity contribution is -0.140. The van der Waals surface area contributed by atoms with Crippen molar-refractivity contribution in [2.45, 2.75) is 55.9 Å². The fraction of sp³-hybridized carbons (Fsp3) is 0.423. The number of anilines is 2. The molecule has 190 valence electrons. The van der Waals surface area contributed by atoms with Crippen molar-refractivity contribution in [2.75, 3.05) is 30.9 Å². The molecule has 2 aromatic carbocycles. The van der Waals surface area contributed by atoms with Crippen LogP contribution in [0.1, 0.15) is 40.0 Å². The Kier molecular flexibility index (Phi) is 10.3. The van der Waals surface area contributed by atoms with Crippen molar-refractivity contribution in [3.05, 3.63) is 54.3 Å². The highest BCUT2D eigenvalue weighted by atomic mass is 32.2. The van der Waals surface area contributed by atoms with Gasteiger partial charge in [0.1, 0.15) is 17.8 Å². The molecule has 1 aliphatic heterocycles. The lowest BCUT2D eigenvalue weighted by atomic mass is 10.1. The minimum Gasteiger partial charge on any atom is -0.461 e. The number of hydrogen-bond donors (Lipinski definition) is 0. The van der Waals surface area contributed by atoms with Gasteiger partial charge in [-0.3, -0.25) is 0 Å². The van der Waals surface area contributed by atoms with Crippen LogP contribution >= 0.6 is 23.7 Å². The normalized spacial score (nSPS) is 16.6. The molecule has 0 saturated carbocycles. The Morgan fingerprint density at radius 3 is 2.63 bits per heavy atom. The van der Waals surface area contributed by atoms with Gasteiger partial charge in [-0.15, -0.1) is 11.8 Å². The molecule has 0 aromatic heterocycles. The summed E-state index contributed by atoms with van der Waals surface area (Å²) in [6.07, 6.45) is 4.03. The maximum absolute atomic E-state index is 14.1. The average Bonchev–Trinajstić information content (AvgIpc) is 2.97. The lowest BCUT2D eigenvalue weighted by Crippen LogP contribution is -2.35. The van der Waals surface area contributed by atoms with Gasteiger partial charge in [-0.05, 0) is 74.5 Å². The molecule has 0 bridgehead atoms. The molecule has 3 rings (SSSR count). The van der Waals surface area contributed by atoms with E-state index in [-0.39, 0.29) is 18.5 Å². The van der Waals surface area contributed by atoms with E-state index in [1.807, 2.05) is 19.1 Å². The van der Waals surface area contributed by atoms with Crippen LogP contribution in [0, 0.1) is 5.82 Å². The molecule has 1 unspecified atom stereocenters. The van der Waals surface area contributed by atoms with Gasteiger partial charge in [-0.2, -0.15) is 4.39 Å². The fourth-order valence-corrected chi connectivity index (χ4v) is 5.58. The van der Waals surface area contributed by atoms with E-state index < -0.39 is 11.8 Å². The number of hydrogen-bond acceptors (Lipinski definition) is 7. The zero-order chi connectivity index (χ0) is 25.4. The molecule has 0 amide bonds. The first-order valence-corrected chi connectivity index (χ1v) is 13.6. The number of thioether (sulfide) groups is 1. The second-order valence-corrected chi connectivity index (χ2v) is 10.5. The van der Waals surface area contributed by atoms with Gasteiger partial charge in [0.15, 0.2) is 0 Å². The number of esters is 1. The van der Waals surface area contributed by atoms with Gasteiger partial charge in [-0.25, -0.2) is 13.5 Å². The van der Waals surface area contributed by atoms with Crippen LogP contribution in [-0.4, -0.2) is 42.3 Å². The molecule has 5 nitrogen and oxygen atoms in total. The number of rotatable bonds is 10. The number of unbranched alkanes of at least 4 members (excludes halogenated alkanes) is 1. The molecule has 2 aromatic rings. The number of likely N-dealkylation sites (N-methyl/N-ethyl adjacent to an activating group) is 1. The molecule has 9 heteroatoms. The van der Waals surface area contributed by atoms with Gasteiger partial charge < -0.3 is 14.4 Å². The van der Waals surface area contributed by atoms with Crippen molar-refractivity contribution < 1.29 is 23.0 Å². The van der Waals surface area contributed by atoms with Crippen LogP contribution in [0.15, 0.2) is 58.3 Å². The molecular weight excluding hydrogens is 490 g/mol. The van der Waals surface area contributed by atoms with E-state index in [9.17, 15) is 13.6 Å². The van der Waals surface area contributed by atoms with E-state index in [0.717, 1.165) is 59.0 Å². The predicted molar refractivity (Wildman–Crippen MR) is 140 cm³/mol. The van der Waals surface area contributed by atoms with Crippen LogP contribution in [0.25, 0.3) is 0 Å². The summed E-state index contributed by atoms with van der Waals surface area (Å²) in [6, 6.07) is 10.7. The molecular formula is C26H32F2N2O3S2. The van der Waals surface area contributed by atoms with E-state index in [0.29, 0.717) is 5.75 Å². The maximum atomic E-state index is 14.1. The third-order valence-electron chi connectivity index (χ3n) is 5.55. The number of fused-ring (bicyclic) bond motifs is 1. The van der Waals surface area contributed by atoms with Gasteiger partial charge in [0, 0.05) is 18.3 Å². The Morgan fingerprint density at radius 1 is 1.23 bits per heavy atom. The molecule has 1 atom stereocenters. The first-order chi connectivity index (χ1) is 16.9. The molecule has 0 saturated heterocycles. The summed E-state index contributed by atoms with van der Waals surface area (Å²) in [5.41, 5.74) is 1.88. The molecule has 0 aliphatic carbocycles. The Labute approximate surface area is 215 Å². The van der Waals surface area contributed by atoms with Crippen LogP contribution in [0.5, 0.6) is 5.75 Å². The lowest BCUT2D eigenvalue weighted by Gasteiger charge is -2.30. The predicted octanol–water partition coefficient (Wildman–Crippen LogP) is 7.34. The summed E-state index contributed by atoms with van der Waals surface area (Å²) in [5, 5.41) is 0. The van der Waals surface area contributed by atoms with E-state index in [1.165, 1.54) is 12.1 Å². The molecule has 0 radical (unpaired) electrons. The molecule has 1 heterocycles. The number of carbonyl (C=O) groups excluding carboxylic acids is 1. The minimum absolute atomic E-state index is 0.0806. The average molecular weight is 523 g/mol. The summed E-state index contributed by atoms with van der Waals surface area (Å²) in [5.74, 6) is -1.18. The highest BCUT2D eigenvalue weighted by molar-refractivity contribution is 7.99. The van der Waals surface area contributed by atoms with E-state index >= 15 is 0 Å². The number of carbonyl (C=O) groups is 1. The van der Waals surface area contributed by atoms with Crippen LogP contribution in [0.4, 0.5) is 20.2 Å². The van der Waals surface area contributed by atoms with Gasteiger partial charge in [0.2, 0.25) is 5.83 Å². The van der Waals surface area contributed by atoms with E-state index in [1.54, 1.807) is 42.8 Å². The second-order valence-electron chi connectivity index (χ2n) is 8.02. The summed E-state index contributed by atoms with van der Waals surface area (Å²) < 4.78 is 40.4. The van der Waals surface area contributed by atoms with Gasteiger partial charge in [0.05, 0.1) is 22.1 Å². The summed E-state index contributed by atoms with van der Waals surface area (Å²) in [7, 11) is 2.07. The number of ether oxygens (including phenoxy) is 2. The molecule has 0 N–H and O–H groups in total.